The molecule has 0 radical (unpaired) electrons. The van der Waals surface area contributed by atoms with Crippen LogP contribution in [0.3, 0.4) is 0 Å². The van der Waals surface area contributed by atoms with E-state index < -0.39 is 11.7 Å². The second kappa shape index (κ2) is 5.66. The molecule has 0 aliphatic rings. The highest BCUT2D eigenvalue weighted by atomic mass is 19.4. The van der Waals surface area contributed by atoms with Crippen LogP contribution in [0.15, 0.2) is 48.5 Å². The monoisotopic (exact) mass is 277 g/mol. The Morgan fingerprint density at radius 1 is 1.00 bits per heavy atom. The van der Waals surface area contributed by atoms with Gasteiger partial charge in [0.25, 0.3) is 0 Å². The molecule has 0 fully saturated rings. The van der Waals surface area contributed by atoms with Gasteiger partial charge in [-0.05, 0) is 29.8 Å². The predicted octanol–water partition coefficient (Wildman–Crippen LogP) is 4.16. The zero-order chi connectivity index (χ0) is 14.6. The van der Waals surface area contributed by atoms with Crippen molar-refractivity contribution in [2.75, 3.05) is 0 Å². The first-order chi connectivity index (χ1) is 9.50. The summed E-state index contributed by atoms with van der Waals surface area (Å²) in [6, 6.07) is 13.5. The number of alkyl halides is 3. The Morgan fingerprint density at radius 3 is 2.25 bits per heavy atom. The van der Waals surface area contributed by atoms with Crippen molar-refractivity contribution >= 4 is 0 Å². The van der Waals surface area contributed by atoms with Crippen LogP contribution in [-0.4, -0.2) is 0 Å². The minimum Gasteiger partial charge on any atom is -0.488 e. The second-order valence-electron chi connectivity index (χ2n) is 4.09. The Morgan fingerprint density at radius 2 is 1.65 bits per heavy atom. The van der Waals surface area contributed by atoms with Crippen LogP contribution in [0, 0.1) is 11.3 Å². The fourth-order valence-corrected chi connectivity index (χ4v) is 1.66. The quantitative estimate of drug-likeness (QED) is 0.844. The maximum absolute atomic E-state index is 12.8. The van der Waals surface area contributed by atoms with E-state index in [0.29, 0.717) is 11.1 Å². The average Bonchev–Trinajstić information content (AvgIpc) is 2.45. The Bertz CT molecular complexity index is 627. The number of benzene rings is 2. The summed E-state index contributed by atoms with van der Waals surface area (Å²) < 4.78 is 43.5. The number of nitrogens with zero attached hydrogens (tertiary/aromatic N) is 1. The lowest BCUT2D eigenvalue weighted by atomic mass is 10.1. The molecule has 0 aliphatic carbocycles. The summed E-state index contributed by atoms with van der Waals surface area (Å²) in [6.07, 6.45) is -4.44. The average molecular weight is 277 g/mol. The molecule has 5 heteroatoms. The van der Waals surface area contributed by atoms with Crippen molar-refractivity contribution < 1.29 is 17.9 Å². The third-order valence-corrected chi connectivity index (χ3v) is 2.67. The van der Waals surface area contributed by atoms with Gasteiger partial charge in [-0.3, -0.25) is 0 Å². The van der Waals surface area contributed by atoms with E-state index in [2.05, 4.69) is 0 Å². The largest absolute Gasteiger partial charge is 0.488 e. The molecule has 2 rings (SSSR count). The topological polar surface area (TPSA) is 33.0 Å². The van der Waals surface area contributed by atoms with Gasteiger partial charge in [0.2, 0.25) is 0 Å². The maximum atomic E-state index is 12.8. The molecule has 0 aliphatic heterocycles. The van der Waals surface area contributed by atoms with Crippen molar-refractivity contribution in [3.8, 4) is 11.8 Å². The van der Waals surface area contributed by atoms with Gasteiger partial charge in [-0.1, -0.05) is 24.3 Å². The molecule has 0 spiro atoms. The van der Waals surface area contributed by atoms with Crippen LogP contribution in [-0.2, 0) is 12.8 Å². The number of para-hydroxylation sites is 1. The van der Waals surface area contributed by atoms with Crippen LogP contribution in [0.5, 0.6) is 5.75 Å². The van der Waals surface area contributed by atoms with E-state index in [4.69, 9.17) is 10.00 Å². The van der Waals surface area contributed by atoms with Gasteiger partial charge in [0.05, 0.1) is 17.2 Å². The van der Waals surface area contributed by atoms with Gasteiger partial charge in [0.1, 0.15) is 12.4 Å². The van der Waals surface area contributed by atoms with E-state index >= 15 is 0 Å². The summed E-state index contributed by atoms with van der Waals surface area (Å²) in [7, 11) is 0. The molecule has 0 heterocycles. The number of rotatable bonds is 3. The number of hydrogen-bond acceptors (Lipinski definition) is 2. The summed E-state index contributed by atoms with van der Waals surface area (Å²) in [6.45, 7) is 0.0127. The minimum atomic E-state index is -4.44. The summed E-state index contributed by atoms with van der Waals surface area (Å²) in [5, 5.41) is 8.66. The SMILES string of the molecule is N#Cc1ccc(COc2ccccc2C(F)(F)F)cc1. The third kappa shape index (κ3) is 3.29. The molecule has 20 heavy (non-hydrogen) atoms. The smallest absolute Gasteiger partial charge is 0.419 e. The van der Waals surface area contributed by atoms with E-state index in [1.807, 2.05) is 6.07 Å². The van der Waals surface area contributed by atoms with Crippen LogP contribution in [0.1, 0.15) is 16.7 Å². The molecule has 0 saturated carbocycles. The molecule has 2 aromatic rings. The van der Waals surface area contributed by atoms with Crippen molar-refractivity contribution in [1.82, 2.24) is 0 Å². The molecular weight excluding hydrogens is 267 g/mol. The van der Waals surface area contributed by atoms with Gasteiger partial charge in [0.15, 0.2) is 0 Å². The highest BCUT2D eigenvalue weighted by Gasteiger charge is 2.33. The fourth-order valence-electron chi connectivity index (χ4n) is 1.66. The first-order valence-electron chi connectivity index (χ1n) is 5.79. The summed E-state index contributed by atoms with van der Waals surface area (Å²) >= 11 is 0. The second-order valence-corrected chi connectivity index (χ2v) is 4.09. The zero-order valence-corrected chi connectivity index (χ0v) is 10.3. The van der Waals surface area contributed by atoms with Crippen LogP contribution >= 0.6 is 0 Å². The van der Waals surface area contributed by atoms with Gasteiger partial charge >= 0.3 is 6.18 Å². The van der Waals surface area contributed by atoms with Crippen LogP contribution in [0.2, 0.25) is 0 Å². The van der Waals surface area contributed by atoms with E-state index in [1.165, 1.54) is 18.2 Å². The molecular formula is C15H10F3NO. The first-order valence-corrected chi connectivity index (χ1v) is 5.79. The lowest BCUT2D eigenvalue weighted by molar-refractivity contribution is -0.139. The molecule has 0 aromatic heterocycles. The third-order valence-electron chi connectivity index (χ3n) is 2.67. The number of ether oxygens (including phenoxy) is 1. The number of nitriles is 1. The molecule has 0 N–H and O–H groups in total. The van der Waals surface area contributed by atoms with E-state index in [1.54, 1.807) is 24.3 Å². The Balaban J connectivity index is 2.13. The van der Waals surface area contributed by atoms with Gasteiger partial charge in [0, 0.05) is 0 Å². The molecule has 0 amide bonds. The Labute approximate surface area is 114 Å². The maximum Gasteiger partial charge on any atom is 0.419 e. The standard InChI is InChI=1S/C15H10F3NO/c16-15(17,18)13-3-1-2-4-14(13)20-10-12-7-5-11(9-19)6-8-12/h1-8H,10H2. The molecule has 2 aromatic carbocycles. The van der Waals surface area contributed by atoms with E-state index in [9.17, 15) is 13.2 Å². The van der Waals surface area contributed by atoms with Crippen LogP contribution < -0.4 is 4.74 Å². The first kappa shape index (κ1) is 13.9. The van der Waals surface area contributed by atoms with E-state index in [-0.39, 0.29) is 12.4 Å². The van der Waals surface area contributed by atoms with Crippen molar-refractivity contribution in [3.63, 3.8) is 0 Å². The molecule has 0 atom stereocenters. The predicted molar refractivity (Wildman–Crippen MR) is 66.9 cm³/mol. The van der Waals surface area contributed by atoms with Crippen LogP contribution in [0.25, 0.3) is 0 Å². The summed E-state index contributed by atoms with van der Waals surface area (Å²) in [5.41, 5.74) is 0.388. The minimum absolute atomic E-state index is 0.0127. The molecule has 0 unspecified atom stereocenters. The number of halogens is 3. The van der Waals surface area contributed by atoms with Crippen molar-refractivity contribution in [3.05, 3.63) is 65.2 Å². The van der Waals surface area contributed by atoms with Crippen molar-refractivity contribution in [2.45, 2.75) is 12.8 Å². The Kier molecular flexibility index (Phi) is 3.94. The summed E-state index contributed by atoms with van der Waals surface area (Å²) in [5.74, 6) is -0.204. The number of hydrogen-bond donors (Lipinski definition) is 0. The lowest BCUT2D eigenvalue weighted by Crippen LogP contribution is -2.08. The van der Waals surface area contributed by atoms with Gasteiger partial charge < -0.3 is 4.74 Å². The highest BCUT2D eigenvalue weighted by Crippen LogP contribution is 2.36. The Hall–Kier alpha value is -2.48. The fraction of sp³-hybridized carbons (Fsp3) is 0.133. The molecule has 2 nitrogen and oxygen atoms in total. The lowest BCUT2D eigenvalue weighted by Gasteiger charge is -2.13. The van der Waals surface area contributed by atoms with Crippen molar-refractivity contribution in [1.29, 1.82) is 5.26 Å². The normalized spacial score (nSPS) is 10.9. The van der Waals surface area contributed by atoms with Crippen molar-refractivity contribution in [2.24, 2.45) is 0 Å². The highest BCUT2D eigenvalue weighted by molar-refractivity contribution is 5.36. The molecule has 102 valence electrons. The van der Waals surface area contributed by atoms with E-state index in [0.717, 1.165) is 6.07 Å². The van der Waals surface area contributed by atoms with Gasteiger partial charge in [-0.25, -0.2) is 0 Å². The van der Waals surface area contributed by atoms with Crippen LogP contribution in [0.4, 0.5) is 13.2 Å². The molecule has 0 bridgehead atoms. The summed E-state index contributed by atoms with van der Waals surface area (Å²) in [4.78, 5) is 0. The van der Waals surface area contributed by atoms with Gasteiger partial charge in [-0.2, -0.15) is 18.4 Å². The molecule has 0 saturated heterocycles. The zero-order valence-electron chi connectivity index (χ0n) is 10.3. The van der Waals surface area contributed by atoms with Gasteiger partial charge in [-0.15, -0.1) is 0 Å².